The molecule has 136 valence electrons. The first-order valence-corrected chi connectivity index (χ1v) is 9.03. The number of carbonyl (C=O) groups excluding carboxylic acids is 1. The van der Waals surface area contributed by atoms with E-state index in [1.807, 2.05) is 48.5 Å². The fraction of sp³-hybridized carbons (Fsp3) is 0.174. The summed E-state index contributed by atoms with van der Waals surface area (Å²) < 4.78 is 5.19. The van der Waals surface area contributed by atoms with E-state index in [9.17, 15) is 4.79 Å². The fourth-order valence-corrected chi connectivity index (χ4v) is 3.70. The van der Waals surface area contributed by atoms with E-state index in [-0.39, 0.29) is 11.8 Å². The van der Waals surface area contributed by atoms with E-state index < -0.39 is 0 Å². The van der Waals surface area contributed by atoms with Gasteiger partial charge in [0.1, 0.15) is 5.75 Å². The van der Waals surface area contributed by atoms with Gasteiger partial charge in [-0.15, -0.1) is 0 Å². The van der Waals surface area contributed by atoms with E-state index in [1.165, 1.54) is 5.56 Å². The average Bonchev–Trinajstić information content (AvgIpc) is 2.84. The molecule has 3 aromatic rings. The normalized spacial score (nSPS) is 15.3. The highest BCUT2D eigenvalue weighted by atomic mass is 16.5. The van der Waals surface area contributed by atoms with Gasteiger partial charge in [-0.1, -0.05) is 36.4 Å². The van der Waals surface area contributed by atoms with Crippen LogP contribution in [0.3, 0.4) is 0 Å². The quantitative estimate of drug-likeness (QED) is 0.735. The van der Waals surface area contributed by atoms with Crippen molar-refractivity contribution in [1.29, 1.82) is 0 Å². The Bertz CT molecular complexity index is 966. The van der Waals surface area contributed by atoms with E-state index in [0.29, 0.717) is 6.42 Å². The van der Waals surface area contributed by atoms with Crippen molar-refractivity contribution < 1.29 is 9.53 Å². The molecule has 3 aromatic carbocycles. The number of anilines is 3. The first-order chi connectivity index (χ1) is 13.2. The molecule has 1 heterocycles. The van der Waals surface area contributed by atoms with Crippen LogP contribution in [0.5, 0.6) is 5.75 Å². The number of para-hydroxylation sites is 2. The van der Waals surface area contributed by atoms with Crippen molar-refractivity contribution in [1.82, 2.24) is 0 Å². The van der Waals surface area contributed by atoms with Crippen LogP contribution in [0.4, 0.5) is 17.1 Å². The maximum Gasteiger partial charge on any atom is 0.232 e. The number of hydrogen-bond donors (Lipinski definition) is 1. The number of methoxy groups -OCH3 is 1. The number of hydrogen-bond acceptors (Lipinski definition) is 3. The van der Waals surface area contributed by atoms with Gasteiger partial charge in [0.2, 0.25) is 5.91 Å². The maximum atomic E-state index is 13.2. The Morgan fingerprint density at radius 1 is 0.963 bits per heavy atom. The summed E-state index contributed by atoms with van der Waals surface area (Å²) in [5.41, 5.74) is 5.19. The maximum absolute atomic E-state index is 13.2. The summed E-state index contributed by atoms with van der Waals surface area (Å²) in [6.45, 7) is 0. The predicted molar refractivity (Wildman–Crippen MR) is 109 cm³/mol. The van der Waals surface area contributed by atoms with Gasteiger partial charge in [0, 0.05) is 24.1 Å². The molecule has 0 bridgehead atoms. The van der Waals surface area contributed by atoms with E-state index >= 15 is 0 Å². The van der Waals surface area contributed by atoms with Crippen LogP contribution in [-0.2, 0) is 11.2 Å². The lowest BCUT2D eigenvalue weighted by atomic mass is 9.91. The Kier molecular flexibility index (Phi) is 4.55. The predicted octanol–water partition coefficient (Wildman–Crippen LogP) is 4.74. The first-order valence-electron chi connectivity index (χ1n) is 9.03. The van der Waals surface area contributed by atoms with Gasteiger partial charge in [0.05, 0.1) is 13.0 Å². The minimum atomic E-state index is -0.255. The zero-order valence-electron chi connectivity index (χ0n) is 15.5. The highest BCUT2D eigenvalue weighted by molar-refractivity contribution is 5.98. The summed E-state index contributed by atoms with van der Waals surface area (Å²) in [6, 6.07) is 23.8. The molecule has 1 amide bonds. The van der Waals surface area contributed by atoms with Crippen molar-refractivity contribution in [3.8, 4) is 5.75 Å². The van der Waals surface area contributed by atoms with E-state index in [0.717, 1.165) is 28.4 Å². The standard InChI is InChI=1S/C23H22N2O2/c1-25-21-9-5-3-7-16(21)15-20(19-8-4-6-10-22(19)25)23(26)24-17-11-13-18(27-2)14-12-17/h3-14,20H,15H2,1-2H3,(H,24,26)/t20-/m0/s1. The molecule has 0 saturated carbocycles. The van der Waals surface area contributed by atoms with Gasteiger partial charge in [0.15, 0.2) is 0 Å². The van der Waals surface area contributed by atoms with E-state index in [2.05, 4.69) is 41.5 Å². The molecule has 1 aliphatic heterocycles. The largest absolute Gasteiger partial charge is 0.497 e. The molecule has 4 heteroatoms. The van der Waals surface area contributed by atoms with Gasteiger partial charge in [-0.3, -0.25) is 4.79 Å². The summed E-state index contributed by atoms with van der Waals surface area (Å²) in [4.78, 5) is 15.4. The van der Waals surface area contributed by atoms with Crippen LogP contribution in [-0.4, -0.2) is 20.1 Å². The number of benzene rings is 3. The van der Waals surface area contributed by atoms with Gasteiger partial charge < -0.3 is 15.0 Å². The molecule has 1 atom stereocenters. The SMILES string of the molecule is COc1ccc(NC(=O)[C@H]2Cc3ccccc3N(C)c3ccccc32)cc1. The van der Waals surface area contributed by atoms with Gasteiger partial charge >= 0.3 is 0 Å². The Balaban J connectivity index is 1.70. The van der Waals surface area contributed by atoms with Crippen LogP contribution < -0.4 is 15.0 Å². The molecule has 0 unspecified atom stereocenters. The van der Waals surface area contributed by atoms with Crippen molar-refractivity contribution in [3.05, 3.63) is 83.9 Å². The van der Waals surface area contributed by atoms with E-state index in [4.69, 9.17) is 4.74 Å². The number of ether oxygens (including phenoxy) is 1. The monoisotopic (exact) mass is 358 g/mol. The summed E-state index contributed by atoms with van der Waals surface area (Å²) in [5, 5.41) is 3.06. The number of fused-ring (bicyclic) bond motifs is 2. The van der Waals surface area contributed by atoms with Crippen molar-refractivity contribution in [3.63, 3.8) is 0 Å². The number of carbonyl (C=O) groups is 1. The summed E-state index contributed by atoms with van der Waals surface area (Å²) in [6.07, 6.45) is 0.666. The van der Waals surface area contributed by atoms with Crippen molar-refractivity contribution in [2.75, 3.05) is 24.4 Å². The molecule has 4 nitrogen and oxygen atoms in total. The van der Waals surface area contributed by atoms with E-state index in [1.54, 1.807) is 7.11 Å². The second-order valence-corrected chi connectivity index (χ2v) is 6.72. The molecule has 1 aliphatic rings. The van der Waals surface area contributed by atoms with Crippen molar-refractivity contribution in [2.24, 2.45) is 0 Å². The minimum Gasteiger partial charge on any atom is -0.497 e. The Labute approximate surface area is 159 Å². The first kappa shape index (κ1) is 17.2. The second-order valence-electron chi connectivity index (χ2n) is 6.72. The molecule has 0 radical (unpaired) electrons. The van der Waals surface area contributed by atoms with Gasteiger partial charge in [-0.2, -0.15) is 0 Å². The van der Waals surface area contributed by atoms with Crippen LogP contribution >= 0.6 is 0 Å². The third kappa shape index (κ3) is 3.26. The number of nitrogens with zero attached hydrogens (tertiary/aromatic N) is 1. The van der Waals surface area contributed by atoms with Crippen LogP contribution in [0.1, 0.15) is 17.0 Å². The lowest BCUT2D eigenvalue weighted by Crippen LogP contribution is -2.23. The molecule has 0 spiro atoms. The Morgan fingerprint density at radius 3 is 2.37 bits per heavy atom. The molecule has 0 saturated heterocycles. The molecule has 1 N–H and O–H groups in total. The van der Waals surface area contributed by atoms with Crippen molar-refractivity contribution >= 4 is 23.0 Å². The molecule has 27 heavy (non-hydrogen) atoms. The molecular formula is C23H22N2O2. The Morgan fingerprint density at radius 2 is 1.63 bits per heavy atom. The van der Waals surface area contributed by atoms with Crippen LogP contribution in [0.2, 0.25) is 0 Å². The van der Waals surface area contributed by atoms with Crippen molar-refractivity contribution in [2.45, 2.75) is 12.3 Å². The van der Waals surface area contributed by atoms with Crippen LogP contribution in [0, 0.1) is 0 Å². The number of nitrogens with one attached hydrogen (secondary N) is 1. The summed E-state index contributed by atoms with van der Waals surface area (Å²) >= 11 is 0. The molecule has 0 aromatic heterocycles. The Hall–Kier alpha value is -3.27. The van der Waals surface area contributed by atoms with Gasteiger partial charge in [-0.05, 0) is 53.9 Å². The van der Waals surface area contributed by atoms with Crippen LogP contribution in [0.25, 0.3) is 0 Å². The second kappa shape index (κ2) is 7.16. The third-order valence-electron chi connectivity index (χ3n) is 5.12. The molecular weight excluding hydrogens is 336 g/mol. The number of rotatable bonds is 3. The minimum absolute atomic E-state index is 0.00211. The lowest BCUT2D eigenvalue weighted by molar-refractivity contribution is -0.117. The highest BCUT2D eigenvalue weighted by Crippen LogP contribution is 2.40. The zero-order chi connectivity index (χ0) is 18.8. The van der Waals surface area contributed by atoms with Gasteiger partial charge in [0.25, 0.3) is 0 Å². The molecule has 0 aliphatic carbocycles. The lowest BCUT2D eigenvalue weighted by Gasteiger charge is -2.22. The number of amides is 1. The summed E-state index contributed by atoms with van der Waals surface area (Å²) in [7, 11) is 3.69. The summed E-state index contributed by atoms with van der Waals surface area (Å²) in [5.74, 6) is 0.510. The molecule has 0 fully saturated rings. The van der Waals surface area contributed by atoms with Crippen LogP contribution in [0.15, 0.2) is 72.8 Å². The molecule has 4 rings (SSSR count). The zero-order valence-corrected chi connectivity index (χ0v) is 15.5. The smallest absolute Gasteiger partial charge is 0.232 e. The average molecular weight is 358 g/mol. The highest BCUT2D eigenvalue weighted by Gasteiger charge is 2.29. The topological polar surface area (TPSA) is 41.6 Å². The van der Waals surface area contributed by atoms with Gasteiger partial charge in [-0.25, -0.2) is 0 Å². The third-order valence-corrected chi connectivity index (χ3v) is 5.12. The fourth-order valence-electron chi connectivity index (χ4n) is 3.70.